The van der Waals surface area contributed by atoms with Crippen molar-refractivity contribution in [3.05, 3.63) is 64.0 Å². The molecular weight excluding hydrogens is 331 g/mol. The molecule has 0 spiro atoms. The Hall–Kier alpha value is -3.00. The zero-order valence-electron chi connectivity index (χ0n) is 13.1. The minimum atomic E-state index is -0.887. The summed E-state index contributed by atoms with van der Waals surface area (Å²) >= 11 is 0. The highest BCUT2D eigenvalue weighted by molar-refractivity contribution is 6.00. The van der Waals surface area contributed by atoms with E-state index in [2.05, 4.69) is 0 Å². The topological polar surface area (TPSA) is 92.9 Å². The number of rotatable bonds is 5. The van der Waals surface area contributed by atoms with Crippen molar-refractivity contribution in [2.45, 2.75) is 19.1 Å². The quantitative estimate of drug-likeness (QED) is 0.663. The summed E-state index contributed by atoms with van der Waals surface area (Å²) in [4.78, 5) is 24.4. The average Bonchev–Trinajstić information content (AvgIpc) is 2.59. The van der Waals surface area contributed by atoms with E-state index in [1.54, 1.807) is 6.07 Å². The predicted octanol–water partition coefficient (Wildman–Crippen LogP) is 2.41. The van der Waals surface area contributed by atoms with Gasteiger partial charge in [0.1, 0.15) is 11.6 Å². The number of halogens is 1. The van der Waals surface area contributed by atoms with Crippen molar-refractivity contribution in [1.29, 1.82) is 0 Å². The molecule has 1 N–H and O–H groups in total. The van der Waals surface area contributed by atoms with E-state index in [0.717, 1.165) is 0 Å². The third kappa shape index (κ3) is 3.43. The molecule has 1 unspecified atom stereocenters. The number of hydrogen-bond acceptors (Lipinski definition) is 5. The van der Waals surface area contributed by atoms with Gasteiger partial charge in [-0.1, -0.05) is 12.1 Å². The van der Waals surface area contributed by atoms with Gasteiger partial charge in [0, 0.05) is 31.2 Å². The van der Waals surface area contributed by atoms with Crippen molar-refractivity contribution in [2.75, 3.05) is 11.5 Å². The first-order chi connectivity index (χ1) is 12.0. The zero-order valence-corrected chi connectivity index (χ0v) is 13.1. The highest BCUT2D eigenvalue weighted by Crippen LogP contribution is 2.36. The fraction of sp³-hybridized carbons (Fsp3) is 0.235. The van der Waals surface area contributed by atoms with E-state index in [9.17, 15) is 19.3 Å². The SMILES string of the molecule is O=C1C(CCO)Oc2ccc(F)cc2N1Cc1cccc([N+](=O)[O-])c1. The van der Waals surface area contributed by atoms with Crippen LogP contribution in [0.5, 0.6) is 5.75 Å². The molecule has 1 heterocycles. The maximum atomic E-state index is 13.6. The summed E-state index contributed by atoms with van der Waals surface area (Å²) in [6.07, 6.45) is -0.789. The Morgan fingerprint density at radius 1 is 1.28 bits per heavy atom. The van der Waals surface area contributed by atoms with Crippen LogP contribution in [0.4, 0.5) is 15.8 Å². The van der Waals surface area contributed by atoms with Gasteiger partial charge in [-0.05, 0) is 17.7 Å². The van der Waals surface area contributed by atoms with Crippen molar-refractivity contribution in [3.63, 3.8) is 0 Å². The van der Waals surface area contributed by atoms with Gasteiger partial charge in [0.2, 0.25) is 0 Å². The molecule has 0 saturated heterocycles. The summed E-state index contributed by atoms with van der Waals surface area (Å²) < 4.78 is 19.2. The van der Waals surface area contributed by atoms with Gasteiger partial charge in [0.15, 0.2) is 6.10 Å². The molecule has 25 heavy (non-hydrogen) atoms. The van der Waals surface area contributed by atoms with Gasteiger partial charge in [-0.2, -0.15) is 0 Å². The molecule has 7 nitrogen and oxygen atoms in total. The first-order valence-electron chi connectivity index (χ1n) is 7.61. The van der Waals surface area contributed by atoms with Crippen LogP contribution in [0, 0.1) is 15.9 Å². The van der Waals surface area contributed by atoms with E-state index in [1.165, 1.54) is 41.3 Å². The highest BCUT2D eigenvalue weighted by Gasteiger charge is 2.34. The lowest BCUT2D eigenvalue weighted by Crippen LogP contribution is -2.46. The molecule has 1 atom stereocenters. The van der Waals surface area contributed by atoms with E-state index < -0.39 is 22.8 Å². The molecule has 0 aliphatic carbocycles. The molecule has 2 aromatic rings. The largest absolute Gasteiger partial charge is 0.478 e. The number of carbonyl (C=O) groups excluding carboxylic acids is 1. The maximum absolute atomic E-state index is 13.6. The van der Waals surface area contributed by atoms with Crippen LogP contribution in [0.15, 0.2) is 42.5 Å². The second-order valence-corrected chi connectivity index (χ2v) is 5.58. The monoisotopic (exact) mass is 346 g/mol. The third-order valence-electron chi connectivity index (χ3n) is 3.88. The Morgan fingerprint density at radius 2 is 2.08 bits per heavy atom. The number of aliphatic hydroxyl groups is 1. The first-order valence-corrected chi connectivity index (χ1v) is 7.61. The van der Waals surface area contributed by atoms with Crippen molar-refractivity contribution in [3.8, 4) is 5.75 Å². The summed E-state index contributed by atoms with van der Waals surface area (Å²) in [7, 11) is 0. The highest BCUT2D eigenvalue weighted by atomic mass is 19.1. The van der Waals surface area contributed by atoms with Gasteiger partial charge in [-0.3, -0.25) is 14.9 Å². The van der Waals surface area contributed by atoms with E-state index in [0.29, 0.717) is 11.3 Å². The van der Waals surface area contributed by atoms with Gasteiger partial charge < -0.3 is 14.7 Å². The van der Waals surface area contributed by atoms with Crippen LogP contribution in [0.3, 0.4) is 0 Å². The Bertz CT molecular complexity index is 826. The number of benzene rings is 2. The first kappa shape index (κ1) is 16.8. The second kappa shape index (κ2) is 6.86. The smallest absolute Gasteiger partial charge is 0.269 e. The molecule has 1 amide bonds. The van der Waals surface area contributed by atoms with Gasteiger partial charge in [0.25, 0.3) is 11.6 Å². The number of aliphatic hydroxyl groups excluding tert-OH is 1. The fourth-order valence-corrected chi connectivity index (χ4v) is 2.71. The van der Waals surface area contributed by atoms with Crippen LogP contribution >= 0.6 is 0 Å². The number of anilines is 1. The number of nitro benzene ring substituents is 1. The number of ether oxygens (including phenoxy) is 1. The summed E-state index contributed by atoms with van der Waals surface area (Å²) in [6.45, 7) is -0.208. The van der Waals surface area contributed by atoms with Crippen LogP contribution in [0.2, 0.25) is 0 Å². The second-order valence-electron chi connectivity index (χ2n) is 5.58. The Kier molecular flexibility index (Phi) is 4.62. The molecule has 0 aromatic heterocycles. The number of nitro groups is 1. The molecule has 0 saturated carbocycles. The summed E-state index contributed by atoms with van der Waals surface area (Å²) in [5.41, 5.74) is 0.692. The van der Waals surface area contributed by atoms with Gasteiger partial charge in [-0.25, -0.2) is 4.39 Å². The number of hydrogen-bond donors (Lipinski definition) is 1. The third-order valence-corrected chi connectivity index (χ3v) is 3.88. The standard InChI is InChI=1S/C17H15FN2O5/c18-12-4-5-15-14(9-12)19(17(22)16(25-15)6-7-21)10-11-2-1-3-13(8-11)20(23)24/h1-5,8-9,16,21H,6-7,10H2. The summed E-state index contributed by atoms with van der Waals surface area (Å²) in [5.74, 6) is -0.636. The van der Waals surface area contributed by atoms with E-state index in [-0.39, 0.29) is 30.9 Å². The number of nitrogens with zero attached hydrogens (tertiary/aromatic N) is 2. The van der Waals surface area contributed by atoms with E-state index >= 15 is 0 Å². The van der Waals surface area contributed by atoms with Gasteiger partial charge in [0.05, 0.1) is 17.2 Å². The lowest BCUT2D eigenvalue weighted by molar-refractivity contribution is -0.384. The minimum absolute atomic E-state index is 0.0300. The van der Waals surface area contributed by atoms with Crippen molar-refractivity contribution >= 4 is 17.3 Å². The zero-order chi connectivity index (χ0) is 18.0. The lowest BCUT2D eigenvalue weighted by Gasteiger charge is -2.34. The average molecular weight is 346 g/mol. The molecule has 2 aromatic carbocycles. The molecule has 1 aliphatic rings. The molecule has 0 bridgehead atoms. The summed E-state index contributed by atoms with van der Waals surface area (Å²) in [6, 6.07) is 9.71. The van der Waals surface area contributed by atoms with Crippen LogP contribution in [-0.2, 0) is 11.3 Å². The molecule has 0 fully saturated rings. The van der Waals surface area contributed by atoms with Gasteiger partial charge in [-0.15, -0.1) is 0 Å². The van der Waals surface area contributed by atoms with Crippen LogP contribution in [0.1, 0.15) is 12.0 Å². The van der Waals surface area contributed by atoms with Crippen molar-refractivity contribution in [2.24, 2.45) is 0 Å². The van der Waals surface area contributed by atoms with Crippen LogP contribution < -0.4 is 9.64 Å². The van der Waals surface area contributed by atoms with Crippen molar-refractivity contribution < 1.29 is 24.0 Å². The van der Waals surface area contributed by atoms with E-state index in [4.69, 9.17) is 9.84 Å². The number of non-ortho nitro benzene ring substituents is 1. The lowest BCUT2D eigenvalue weighted by atomic mass is 10.1. The molecule has 0 radical (unpaired) electrons. The minimum Gasteiger partial charge on any atom is -0.478 e. The number of fused-ring (bicyclic) bond motifs is 1. The number of amides is 1. The Labute approximate surface area is 142 Å². The van der Waals surface area contributed by atoms with Crippen LogP contribution in [0.25, 0.3) is 0 Å². The Morgan fingerprint density at radius 3 is 2.80 bits per heavy atom. The van der Waals surface area contributed by atoms with Crippen molar-refractivity contribution in [1.82, 2.24) is 0 Å². The molecular formula is C17H15FN2O5. The molecule has 1 aliphatic heterocycles. The van der Waals surface area contributed by atoms with Crippen LogP contribution in [-0.4, -0.2) is 28.6 Å². The maximum Gasteiger partial charge on any atom is 0.269 e. The fourth-order valence-electron chi connectivity index (χ4n) is 2.71. The normalized spacial score (nSPS) is 16.3. The molecule has 130 valence electrons. The van der Waals surface area contributed by atoms with Gasteiger partial charge >= 0.3 is 0 Å². The predicted molar refractivity (Wildman–Crippen MR) is 86.8 cm³/mol. The number of carbonyl (C=O) groups is 1. The molecule has 3 rings (SSSR count). The van der Waals surface area contributed by atoms with E-state index in [1.807, 2.05) is 0 Å². The summed E-state index contributed by atoms with van der Waals surface area (Å²) in [5, 5.41) is 20.0. The Balaban J connectivity index is 1.98. The molecule has 8 heteroatoms.